The average Bonchev–Trinajstić information content (AvgIpc) is 2.10. The highest BCUT2D eigenvalue weighted by Crippen LogP contribution is 2.07. The normalized spacial score (nSPS) is 12.7. The molecule has 0 atom stereocenters. The number of unbranched alkanes of at least 4 members (excludes halogenated alkanes) is 2. The Morgan fingerprint density at radius 1 is 1.33 bits per heavy atom. The lowest BCUT2D eigenvalue weighted by Gasteiger charge is -2.02. The van der Waals surface area contributed by atoms with Crippen molar-refractivity contribution in [1.29, 1.82) is 0 Å². The van der Waals surface area contributed by atoms with Crippen molar-refractivity contribution in [2.75, 3.05) is 0 Å². The SMILES string of the molecule is CCCC/C=C/C(Br)=C/C#C[Si](C)(C)C. The van der Waals surface area contributed by atoms with Crippen LogP contribution in [0.1, 0.15) is 26.2 Å². The molecular weight excluding hydrogens is 264 g/mol. The Morgan fingerprint density at radius 2 is 2.00 bits per heavy atom. The lowest BCUT2D eigenvalue weighted by molar-refractivity contribution is 0.815. The molecule has 0 fully saturated rings. The average molecular weight is 285 g/mol. The van der Waals surface area contributed by atoms with Gasteiger partial charge in [0.15, 0.2) is 0 Å². The first-order valence-electron chi connectivity index (χ1n) is 5.50. The van der Waals surface area contributed by atoms with Gasteiger partial charge in [0.2, 0.25) is 0 Å². The molecule has 0 radical (unpaired) electrons. The van der Waals surface area contributed by atoms with Gasteiger partial charge >= 0.3 is 0 Å². The number of halogens is 1. The molecule has 15 heavy (non-hydrogen) atoms. The first-order valence-corrected chi connectivity index (χ1v) is 9.80. The van der Waals surface area contributed by atoms with Gasteiger partial charge in [-0.25, -0.2) is 0 Å². The summed E-state index contributed by atoms with van der Waals surface area (Å²) in [5.74, 6) is 3.12. The number of hydrogen-bond acceptors (Lipinski definition) is 0. The summed E-state index contributed by atoms with van der Waals surface area (Å²) in [6, 6.07) is 0. The predicted molar refractivity (Wildman–Crippen MR) is 76.8 cm³/mol. The van der Waals surface area contributed by atoms with E-state index in [4.69, 9.17) is 0 Å². The zero-order valence-corrected chi connectivity index (χ0v) is 12.8. The van der Waals surface area contributed by atoms with Crippen LogP contribution in [0, 0.1) is 11.5 Å². The van der Waals surface area contributed by atoms with Crippen molar-refractivity contribution >= 4 is 24.0 Å². The van der Waals surface area contributed by atoms with Crippen molar-refractivity contribution in [3.05, 3.63) is 22.7 Å². The van der Waals surface area contributed by atoms with E-state index in [1.165, 1.54) is 12.8 Å². The number of rotatable bonds is 4. The zero-order chi connectivity index (χ0) is 11.7. The van der Waals surface area contributed by atoms with Crippen LogP contribution < -0.4 is 0 Å². The van der Waals surface area contributed by atoms with E-state index in [-0.39, 0.29) is 0 Å². The van der Waals surface area contributed by atoms with Crippen molar-refractivity contribution in [3.63, 3.8) is 0 Å². The van der Waals surface area contributed by atoms with Gasteiger partial charge in [-0.1, -0.05) is 73.4 Å². The van der Waals surface area contributed by atoms with E-state index in [1.807, 2.05) is 6.08 Å². The molecular formula is C13H21BrSi. The minimum atomic E-state index is -1.22. The largest absolute Gasteiger partial charge is 0.129 e. The second kappa shape index (κ2) is 7.96. The van der Waals surface area contributed by atoms with E-state index in [0.717, 1.165) is 10.9 Å². The van der Waals surface area contributed by atoms with E-state index in [1.54, 1.807) is 0 Å². The molecule has 0 aromatic heterocycles. The number of hydrogen-bond donors (Lipinski definition) is 0. The third-order valence-electron chi connectivity index (χ3n) is 1.66. The van der Waals surface area contributed by atoms with Crippen LogP contribution in [0.15, 0.2) is 22.7 Å². The van der Waals surface area contributed by atoms with Crippen LogP contribution in [-0.4, -0.2) is 8.07 Å². The van der Waals surface area contributed by atoms with Crippen LogP contribution >= 0.6 is 15.9 Å². The first-order chi connectivity index (χ1) is 6.95. The van der Waals surface area contributed by atoms with Gasteiger partial charge in [-0.2, -0.15) is 0 Å². The molecule has 0 aromatic carbocycles. The van der Waals surface area contributed by atoms with Crippen molar-refractivity contribution in [2.24, 2.45) is 0 Å². The van der Waals surface area contributed by atoms with Crippen molar-refractivity contribution in [1.82, 2.24) is 0 Å². The molecule has 0 aromatic rings. The van der Waals surface area contributed by atoms with E-state index in [0.29, 0.717) is 0 Å². The predicted octanol–water partition coefficient (Wildman–Crippen LogP) is 4.89. The van der Waals surface area contributed by atoms with E-state index in [9.17, 15) is 0 Å². The summed E-state index contributed by atoms with van der Waals surface area (Å²) in [4.78, 5) is 0. The van der Waals surface area contributed by atoms with Gasteiger partial charge in [0.1, 0.15) is 8.07 Å². The molecule has 0 amide bonds. The van der Waals surface area contributed by atoms with E-state index in [2.05, 4.69) is 66.1 Å². The van der Waals surface area contributed by atoms with Gasteiger partial charge < -0.3 is 0 Å². The summed E-state index contributed by atoms with van der Waals surface area (Å²) in [7, 11) is -1.22. The Balaban J connectivity index is 4.08. The van der Waals surface area contributed by atoms with Crippen LogP contribution in [0.5, 0.6) is 0 Å². The molecule has 84 valence electrons. The second-order valence-electron chi connectivity index (χ2n) is 4.59. The Morgan fingerprint density at radius 3 is 2.53 bits per heavy atom. The molecule has 2 heteroatoms. The molecule has 0 saturated heterocycles. The van der Waals surface area contributed by atoms with Gasteiger partial charge in [-0.3, -0.25) is 0 Å². The maximum Gasteiger partial charge on any atom is 0.129 e. The van der Waals surface area contributed by atoms with Crippen LogP contribution in [-0.2, 0) is 0 Å². The van der Waals surface area contributed by atoms with Gasteiger partial charge in [-0.05, 0) is 6.42 Å². The van der Waals surface area contributed by atoms with Crippen LogP contribution in [0.25, 0.3) is 0 Å². The van der Waals surface area contributed by atoms with E-state index >= 15 is 0 Å². The maximum absolute atomic E-state index is 3.48. The van der Waals surface area contributed by atoms with Crippen LogP contribution in [0.3, 0.4) is 0 Å². The fraction of sp³-hybridized carbons (Fsp3) is 0.538. The fourth-order valence-electron chi connectivity index (χ4n) is 0.888. The van der Waals surface area contributed by atoms with Gasteiger partial charge in [0.05, 0.1) is 0 Å². The Labute approximate surface area is 104 Å². The first kappa shape index (κ1) is 14.7. The van der Waals surface area contributed by atoms with Crippen LogP contribution in [0.2, 0.25) is 19.6 Å². The highest BCUT2D eigenvalue weighted by atomic mass is 79.9. The van der Waals surface area contributed by atoms with Crippen molar-refractivity contribution < 1.29 is 0 Å². The van der Waals surface area contributed by atoms with E-state index < -0.39 is 8.07 Å². The quantitative estimate of drug-likeness (QED) is 0.298. The lowest BCUT2D eigenvalue weighted by Crippen LogP contribution is -2.16. The van der Waals surface area contributed by atoms with Crippen molar-refractivity contribution in [2.45, 2.75) is 45.8 Å². The minimum Gasteiger partial charge on any atom is -0.127 e. The van der Waals surface area contributed by atoms with Gasteiger partial charge in [0, 0.05) is 10.6 Å². The molecule has 0 unspecified atom stereocenters. The fourth-order valence-corrected chi connectivity index (χ4v) is 1.69. The number of allylic oxidation sites excluding steroid dienone is 4. The standard InChI is InChI=1S/C13H21BrSi/c1-5-6-7-8-10-13(14)11-9-12-15(2,3)4/h8,10-11H,5-7H2,1-4H3/b10-8+,13-11-. The topological polar surface area (TPSA) is 0 Å². The summed E-state index contributed by atoms with van der Waals surface area (Å²) < 4.78 is 1.07. The highest BCUT2D eigenvalue weighted by Gasteiger charge is 2.06. The summed E-state index contributed by atoms with van der Waals surface area (Å²) >= 11 is 3.48. The zero-order valence-electron chi connectivity index (χ0n) is 10.2. The molecule has 0 N–H and O–H groups in total. The molecule has 0 spiro atoms. The maximum atomic E-state index is 3.48. The molecule has 0 aliphatic carbocycles. The lowest BCUT2D eigenvalue weighted by atomic mass is 10.2. The molecule has 0 aliphatic rings. The van der Waals surface area contributed by atoms with Crippen molar-refractivity contribution in [3.8, 4) is 11.5 Å². The molecule has 0 bridgehead atoms. The summed E-state index contributed by atoms with van der Waals surface area (Å²) in [6.07, 6.45) is 9.90. The van der Waals surface area contributed by atoms with Gasteiger partial charge in [0.25, 0.3) is 0 Å². The third kappa shape index (κ3) is 11.7. The van der Waals surface area contributed by atoms with Gasteiger partial charge in [-0.15, -0.1) is 5.54 Å². The second-order valence-corrected chi connectivity index (χ2v) is 10.3. The summed E-state index contributed by atoms with van der Waals surface area (Å²) in [6.45, 7) is 8.95. The molecule has 0 heterocycles. The summed E-state index contributed by atoms with van der Waals surface area (Å²) in [5.41, 5.74) is 3.30. The highest BCUT2D eigenvalue weighted by molar-refractivity contribution is 9.11. The van der Waals surface area contributed by atoms with Crippen LogP contribution in [0.4, 0.5) is 0 Å². The Hall–Kier alpha value is -0.263. The smallest absolute Gasteiger partial charge is 0.127 e. The monoisotopic (exact) mass is 284 g/mol. The molecule has 0 aliphatic heterocycles. The molecule has 0 saturated carbocycles. The molecule has 0 nitrogen and oxygen atoms in total. The summed E-state index contributed by atoms with van der Waals surface area (Å²) in [5, 5.41) is 0. The molecule has 0 rings (SSSR count). The minimum absolute atomic E-state index is 1.07. The third-order valence-corrected chi connectivity index (χ3v) is 3.05. The Bertz CT molecular complexity index is 284. The Kier molecular flexibility index (Phi) is 7.82.